The van der Waals surface area contributed by atoms with Gasteiger partial charge in [-0.2, -0.15) is 0 Å². The molecule has 0 fully saturated rings. The lowest BCUT2D eigenvalue weighted by Gasteiger charge is -2.12. The van der Waals surface area contributed by atoms with Crippen molar-refractivity contribution in [2.24, 2.45) is 0 Å². The van der Waals surface area contributed by atoms with Gasteiger partial charge in [-0.15, -0.1) is 0 Å². The second-order valence-electron chi connectivity index (χ2n) is 4.42. The Morgan fingerprint density at radius 2 is 1.76 bits per heavy atom. The van der Waals surface area contributed by atoms with Crippen molar-refractivity contribution >= 4 is 0 Å². The average Bonchev–Trinajstić information content (AvgIpc) is 2.39. The average molecular weight is 227 g/mol. The molecule has 1 aromatic heterocycles. The molecule has 0 aliphatic heterocycles. The van der Waals surface area contributed by atoms with E-state index in [9.17, 15) is 5.11 Å². The Hall–Kier alpha value is -1.67. The highest BCUT2D eigenvalue weighted by Crippen LogP contribution is 2.23. The van der Waals surface area contributed by atoms with Gasteiger partial charge in [0, 0.05) is 11.3 Å². The van der Waals surface area contributed by atoms with Crippen LogP contribution in [-0.4, -0.2) is 10.1 Å². The molecule has 88 valence electrons. The molecule has 2 heteroatoms. The summed E-state index contributed by atoms with van der Waals surface area (Å²) in [7, 11) is 0. The second kappa shape index (κ2) is 5.11. The van der Waals surface area contributed by atoms with Crippen LogP contribution in [0.25, 0.3) is 11.3 Å². The van der Waals surface area contributed by atoms with Crippen molar-refractivity contribution in [3.05, 3.63) is 53.7 Å². The van der Waals surface area contributed by atoms with Crippen molar-refractivity contribution in [3.63, 3.8) is 0 Å². The van der Waals surface area contributed by atoms with E-state index < -0.39 is 0 Å². The highest BCUT2D eigenvalue weighted by Gasteiger charge is 2.09. The zero-order valence-electron chi connectivity index (χ0n) is 10.2. The zero-order valence-corrected chi connectivity index (χ0v) is 10.2. The molecule has 1 heterocycles. The van der Waals surface area contributed by atoms with Crippen LogP contribution in [0, 0.1) is 0 Å². The lowest BCUT2D eigenvalue weighted by Crippen LogP contribution is -2.01. The fourth-order valence-electron chi connectivity index (χ4n) is 1.91. The third-order valence-corrected chi connectivity index (χ3v) is 2.80. The quantitative estimate of drug-likeness (QED) is 0.872. The summed E-state index contributed by atoms with van der Waals surface area (Å²) in [6.07, 6.45) is 0. The first-order valence-electron chi connectivity index (χ1n) is 5.88. The normalized spacial score (nSPS) is 10.8. The Labute approximate surface area is 102 Å². The SMILES string of the molecule is CC(C)c1nc(-c2ccccc2)ccc1CO. The summed E-state index contributed by atoms with van der Waals surface area (Å²) in [4.78, 5) is 4.65. The number of aliphatic hydroxyl groups is 1. The molecule has 0 saturated carbocycles. The first kappa shape index (κ1) is 11.8. The van der Waals surface area contributed by atoms with Crippen molar-refractivity contribution < 1.29 is 5.11 Å². The van der Waals surface area contributed by atoms with Crippen LogP contribution >= 0.6 is 0 Å². The number of hydrogen-bond acceptors (Lipinski definition) is 2. The molecular weight excluding hydrogens is 210 g/mol. The van der Waals surface area contributed by atoms with Crippen molar-refractivity contribution in [2.45, 2.75) is 26.4 Å². The van der Waals surface area contributed by atoms with Crippen LogP contribution < -0.4 is 0 Å². The molecule has 1 N–H and O–H groups in total. The Morgan fingerprint density at radius 3 is 2.35 bits per heavy atom. The minimum absolute atomic E-state index is 0.0512. The van der Waals surface area contributed by atoms with Crippen LogP contribution in [0.3, 0.4) is 0 Å². The van der Waals surface area contributed by atoms with E-state index in [-0.39, 0.29) is 6.61 Å². The predicted molar refractivity (Wildman–Crippen MR) is 69.7 cm³/mol. The van der Waals surface area contributed by atoms with Gasteiger partial charge >= 0.3 is 0 Å². The molecule has 17 heavy (non-hydrogen) atoms. The summed E-state index contributed by atoms with van der Waals surface area (Å²) in [5.74, 6) is 0.320. The van der Waals surface area contributed by atoms with E-state index in [2.05, 4.69) is 18.8 Å². The number of pyridine rings is 1. The summed E-state index contributed by atoms with van der Waals surface area (Å²) in [6, 6.07) is 14.0. The van der Waals surface area contributed by atoms with E-state index in [1.165, 1.54) is 0 Å². The number of hydrogen-bond donors (Lipinski definition) is 1. The summed E-state index contributed by atoms with van der Waals surface area (Å²) in [5, 5.41) is 9.29. The maximum atomic E-state index is 9.29. The summed E-state index contributed by atoms with van der Waals surface area (Å²) in [6.45, 7) is 4.24. The maximum Gasteiger partial charge on any atom is 0.0705 e. The lowest BCUT2D eigenvalue weighted by molar-refractivity contribution is 0.279. The Balaban J connectivity index is 2.48. The number of nitrogens with zero attached hydrogens (tertiary/aromatic N) is 1. The first-order valence-corrected chi connectivity index (χ1v) is 5.88. The Morgan fingerprint density at radius 1 is 1.06 bits per heavy atom. The molecular formula is C15H17NO. The third kappa shape index (κ3) is 2.53. The molecule has 0 saturated heterocycles. The van der Waals surface area contributed by atoms with Crippen LogP contribution in [0.4, 0.5) is 0 Å². The predicted octanol–water partition coefficient (Wildman–Crippen LogP) is 3.36. The number of rotatable bonds is 3. The van der Waals surface area contributed by atoms with Gasteiger partial charge in [0.2, 0.25) is 0 Å². The first-order chi connectivity index (χ1) is 8.22. The standard InChI is InChI=1S/C15H17NO/c1-11(2)15-13(10-17)8-9-14(16-15)12-6-4-3-5-7-12/h3-9,11,17H,10H2,1-2H3. The van der Waals surface area contributed by atoms with Gasteiger partial charge in [-0.3, -0.25) is 4.98 Å². The van der Waals surface area contributed by atoms with E-state index in [0.717, 1.165) is 22.5 Å². The summed E-state index contributed by atoms with van der Waals surface area (Å²) in [5.41, 5.74) is 3.97. The lowest BCUT2D eigenvalue weighted by atomic mass is 10.0. The smallest absolute Gasteiger partial charge is 0.0705 e. The largest absolute Gasteiger partial charge is 0.392 e. The highest BCUT2D eigenvalue weighted by molar-refractivity contribution is 5.59. The monoisotopic (exact) mass is 227 g/mol. The van der Waals surface area contributed by atoms with Crippen molar-refractivity contribution in [2.75, 3.05) is 0 Å². The van der Waals surface area contributed by atoms with Gasteiger partial charge < -0.3 is 5.11 Å². The van der Waals surface area contributed by atoms with E-state index in [1.54, 1.807) is 0 Å². The molecule has 2 aromatic rings. The fraction of sp³-hybridized carbons (Fsp3) is 0.267. The molecule has 0 aliphatic rings. The minimum atomic E-state index is 0.0512. The third-order valence-electron chi connectivity index (χ3n) is 2.80. The van der Waals surface area contributed by atoms with Gasteiger partial charge in [0.25, 0.3) is 0 Å². The molecule has 0 amide bonds. The van der Waals surface area contributed by atoms with Gasteiger partial charge in [0.15, 0.2) is 0 Å². The summed E-state index contributed by atoms with van der Waals surface area (Å²) < 4.78 is 0. The highest BCUT2D eigenvalue weighted by atomic mass is 16.3. The van der Waals surface area contributed by atoms with Crippen LogP contribution in [0.5, 0.6) is 0 Å². The second-order valence-corrected chi connectivity index (χ2v) is 4.42. The zero-order chi connectivity index (χ0) is 12.3. The number of aromatic nitrogens is 1. The number of aliphatic hydroxyl groups excluding tert-OH is 1. The molecule has 0 aliphatic carbocycles. The van der Waals surface area contributed by atoms with Crippen LogP contribution in [-0.2, 0) is 6.61 Å². The fourth-order valence-corrected chi connectivity index (χ4v) is 1.91. The van der Waals surface area contributed by atoms with Crippen LogP contribution in [0.15, 0.2) is 42.5 Å². The molecule has 0 unspecified atom stereocenters. The minimum Gasteiger partial charge on any atom is -0.392 e. The van der Waals surface area contributed by atoms with Gasteiger partial charge in [-0.1, -0.05) is 50.2 Å². The van der Waals surface area contributed by atoms with Gasteiger partial charge in [-0.05, 0) is 17.5 Å². The number of benzene rings is 1. The van der Waals surface area contributed by atoms with E-state index in [0.29, 0.717) is 5.92 Å². The van der Waals surface area contributed by atoms with Gasteiger partial charge in [-0.25, -0.2) is 0 Å². The van der Waals surface area contributed by atoms with Crippen LogP contribution in [0.2, 0.25) is 0 Å². The molecule has 0 atom stereocenters. The van der Waals surface area contributed by atoms with Crippen molar-refractivity contribution in [3.8, 4) is 11.3 Å². The summed E-state index contributed by atoms with van der Waals surface area (Å²) >= 11 is 0. The van der Waals surface area contributed by atoms with Gasteiger partial charge in [0.1, 0.15) is 0 Å². The molecule has 1 aromatic carbocycles. The molecule has 0 spiro atoms. The maximum absolute atomic E-state index is 9.29. The molecule has 0 bridgehead atoms. The van der Waals surface area contributed by atoms with Gasteiger partial charge in [0.05, 0.1) is 12.3 Å². The topological polar surface area (TPSA) is 33.1 Å². The van der Waals surface area contributed by atoms with E-state index in [1.807, 2.05) is 42.5 Å². The van der Waals surface area contributed by atoms with E-state index >= 15 is 0 Å². The molecule has 0 radical (unpaired) electrons. The van der Waals surface area contributed by atoms with Crippen molar-refractivity contribution in [1.29, 1.82) is 0 Å². The van der Waals surface area contributed by atoms with Crippen molar-refractivity contribution in [1.82, 2.24) is 4.98 Å². The van der Waals surface area contributed by atoms with E-state index in [4.69, 9.17) is 0 Å². The molecule has 2 rings (SSSR count). The van der Waals surface area contributed by atoms with Crippen LogP contribution in [0.1, 0.15) is 31.0 Å². The Kier molecular flexibility index (Phi) is 3.55. The molecule has 2 nitrogen and oxygen atoms in total. The Bertz CT molecular complexity index is 492.